The highest BCUT2D eigenvalue weighted by molar-refractivity contribution is 7.22. The number of benzene rings is 2. The fourth-order valence-corrected chi connectivity index (χ4v) is 5.90. The standard InChI is InChI=1S/C27H17ClN4OS2/c28-20-9-5-11-24-25(20)31-27(35-24)32(16-17-7-3-4-13-29-17)26(33)19-15-22(23-12-6-14-34-23)30-21-10-2-1-8-18(19)21/h1-15H,16H2. The maximum Gasteiger partial charge on any atom is 0.261 e. The van der Waals surface area contributed by atoms with Gasteiger partial charge in [0, 0.05) is 11.6 Å². The average molecular weight is 513 g/mol. The molecule has 0 bridgehead atoms. The second-order valence-electron chi connectivity index (χ2n) is 7.84. The third-order valence-corrected chi connectivity index (χ3v) is 7.84. The lowest BCUT2D eigenvalue weighted by atomic mass is 10.1. The summed E-state index contributed by atoms with van der Waals surface area (Å²) in [4.78, 5) is 31.0. The number of carbonyl (C=O) groups excluding carboxylic acids is 1. The lowest BCUT2D eigenvalue weighted by molar-refractivity contribution is 0.0986. The van der Waals surface area contributed by atoms with Gasteiger partial charge in [-0.1, -0.05) is 59.3 Å². The molecule has 0 atom stereocenters. The number of pyridine rings is 2. The first-order chi connectivity index (χ1) is 17.2. The molecule has 2 aromatic carbocycles. The molecule has 4 heterocycles. The lowest BCUT2D eigenvalue weighted by Gasteiger charge is -2.21. The Morgan fingerprint density at radius 3 is 2.63 bits per heavy atom. The molecule has 0 radical (unpaired) electrons. The maximum atomic E-state index is 14.3. The van der Waals surface area contributed by atoms with Gasteiger partial charge in [0.05, 0.1) is 43.6 Å². The highest BCUT2D eigenvalue weighted by Gasteiger charge is 2.25. The first-order valence-electron chi connectivity index (χ1n) is 10.9. The molecule has 1 amide bonds. The van der Waals surface area contributed by atoms with E-state index in [9.17, 15) is 4.79 Å². The Balaban J connectivity index is 1.53. The van der Waals surface area contributed by atoms with Gasteiger partial charge >= 0.3 is 0 Å². The van der Waals surface area contributed by atoms with E-state index in [1.165, 1.54) is 11.3 Å². The number of carbonyl (C=O) groups is 1. The number of aromatic nitrogens is 3. The number of fused-ring (bicyclic) bond motifs is 2. The van der Waals surface area contributed by atoms with Crippen LogP contribution in [-0.2, 0) is 6.54 Å². The SMILES string of the molecule is O=C(c1cc(-c2cccs2)nc2ccccc12)N(Cc1ccccn1)c1nc2c(Cl)cccc2s1. The minimum absolute atomic E-state index is 0.165. The van der Waals surface area contributed by atoms with Crippen LogP contribution in [0.4, 0.5) is 5.13 Å². The van der Waals surface area contributed by atoms with Gasteiger partial charge in [0.1, 0.15) is 5.52 Å². The molecule has 0 aliphatic heterocycles. The molecule has 0 N–H and O–H groups in total. The summed E-state index contributed by atoms with van der Waals surface area (Å²) in [5, 5.41) is 3.93. The molecule has 170 valence electrons. The molecule has 6 aromatic rings. The van der Waals surface area contributed by atoms with Gasteiger partial charge in [-0.3, -0.25) is 14.7 Å². The van der Waals surface area contributed by atoms with Crippen molar-refractivity contribution in [1.29, 1.82) is 0 Å². The largest absolute Gasteiger partial charge is 0.278 e. The molecule has 0 fully saturated rings. The summed E-state index contributed by atoms with van der Waals surface area (Å²) in [7, 11) is 0. The number of halogens is 1. The number of hydrogen-bond acceptors (Lipinski definition) is 6. The monoisotopic (exact) mass is 512 g/mol. The molecule has 0 unspecified atom stereocenters. The van der Waals surface area contributed by atoms with Gasteiger partial charge < -0.3 is 0 Å². The first-order valence-corrected chi connectivity index (χ1v) is 13.0. The van der Waals surface area contributed by atoms with Crippen molar-refractivity contribution in [3.05, 3.63) is 107 Å². The Kier molecular flexibility index (Phi) is 5.74. The molecular formula is C27H17ClN4OS2. The maximum absolute atomic E-state index is 14.3. The van der Waals surface area contributed by atoms with Crippen LogP contribution in [-0.4, -0.2) is 20.9 Å². The smallest absolute Gasteiger partial charge is 0.261 e. The predicted molar refractivity (Wildman–Crippen MR) is 144 cm³/mol. The molecule has 35 heavy (non-hydrogen) atoms. The molecule has 0 aliphatic carbocycles. The normalized spacial score (nSPS) is 11.2. The van der Waals surface area contributed by atoms with Crippen molar-refractivity contribution in [2.45, 2.75) is 6.54 Å². The number of hydrogen-bond donors (Lipinski definition) is 0. The minimum atomic E-state index is -0.165. The van der Waals surface area contributed by atoms with E-state index in [1.807, 2.05) is 84.2 Å². The van der Waals surface area contributed by atoms with Crippen molar-refractivity contribution < 1.29 is 4.79 Å². The number of thiophene rings is 1. The third kappa shape index (κ3) is 4.18. The van der Waals surface area contributed by atoms with Gasteiger partial charge in [0.2, 0.25) is 0 Å². The van der Waals surface area contributed by atoms with Crippen LogP contribution in [0.5, 0.6) is 0 Å². The van der Waals surface area contributed by atoms with Crippen molar-refractivity contribution in [1.82, 2.24) is 15.0 Å². The van der Waals surface area contributed by atoms with E-state index in [2.05, 4.69) is 4.98 Å². The van der Waals surface area contributed by atoms with Gasteiger partial charge in [0.15, 0.2) is 5.13 Å². The van der Waals surface area contributed by atoms with Gasteiger partial charge in [0.25, 0.3) is 5.91 Å². The highest BCUT2D eigenvalue weighted by atomic mass is 35.5. The van der Waals surface area contributed by atoms with Gasteiger partial charge in [-0.05, 0) is 47.8 Å². The van der Waals surface area contributed by atoms with Gasteiger partial charge in [-0.2, -0.15) is 0 Å². The van der Waals surface area contributed by atoms with Crippen molar-refractivity contribution in [3.8, 4) is 10.6 Å². The quantitative estimate of drug-likeness (QED) is 0.240. The summed E-state index contributed by atoms with van der Waals surface area (Å²) in [6.07, 6.45) is 1.73. The van der Waals surface area contributed by atoms with Crippen LogP contribution < -0.4 is 4.90 Å². The Labute approximate surface area is 214 Å². The van der Waals surface area contributed by atoms with Gasteiger partial charge in [-0.15, -0.1) is 11.3 Å². The number of anilines is 1. The van der Waals surface area contributed by atoms with E-state index in [4.69, 9.17) is 21.6 Å². The lowest BCUT2D eigenvalue weighted by Crippen LogP contribution is -2.31. The Bertz CT molecular complexity index is 1670. The zero-order valence-electron chi connectivity index (χ0n) is 18.3. The second kappa shape index (κ2) is 9.19. The minimum Gasteiger partial charge on any atom is -0.278 e. The van der Waals surface area contributed by atoms with Crippen molar-refractivity contribution in [3.63, 3.8) is 0 Å². The van der Waals surface area contributed by atoms with E-state index in [0.717, 1.165) is 31.9 Å². The number of rotatable bonds is 5. The summed E-state index contributed by atoms with van der Waals surface area (Å²) in [5.41, 5.74) is 3.56. The summed E-state index contributed by atoms with van der Waals surface area (Å²) in [5.74, 6) is -0.165. The Morgan fingerprint density at radius 2 is 1.83 bits per heavy atom. The molecule has 0 saturated carbocycles. The average Bonchev–Trinajstić information content (AvgIpc) is 3.58. The van der Waals surface area contributed by atoms with Crippen molar-refractivity contribution in [2.24, 2.45) is 0 Å². The van der Waals surface area contributed by atoms with E-state index >= 15 is 0 Å². The fourth-order valence-electron chi connectivity index (χ4n) is 3.95. The number of thiazole rings is 1. The van der Waals surface area contributed by atoms with Crippen LogP contribution in [0.2, 0.25) is 5.02 Å². The van der Waals surface area contributed by atoms with Crippen LogP contribution in [0.15, 0.2) is 90.4 Å². The predicted octanol–water partition coefficient (Wildman–Crippen LogP) is 7.47. The number of nitrogens with zero attached hydrogens (tertiary/aromatic N) is 4. The van der Waals surface area contributed by atoms with E-state index < -0.39 is 0 Å². The van der Waals surface area contributed by atoms with Gasteiger partial charge in [-0.25, -0.2) is 9.97 Å². The molecule has 5 nitrogen and oxygen atoms in total. The third-order valence-electron chi connectivity index (χ3n) is 5.60. The summed E-state index contributed by atoms with van der Waals surface area (Å²) < 4.78 is 0.921. The zero-order valence-corrected chi connectivity index (χ0v) is 20.6. The summed E-state index contributed by atoms with van der Waals surface area (Å²) in [6, 6.07) is 24.9. The summed E-state index contributed by atoms with van der Waals surface area (Å²) in [6.45, 7) is 0.280. The van der Waals surface area contributed by atoms with Crippen LogP contribution in [0.3, 0.4) is 0 Å². The summed E-state index contributed by atoms with van der Waals surface area (Å²) >= 11 is 9.44. The Hall–Kier alpha value is -3.65. The molecule has 4 aromatic heterocycles. The van der Waals surface area contributed by atoms with Crippen molar-refractivity contribution in [2.75, 3.05) is 4.90 Å². The van der Waals surface area contributed by atoms with Crippen LogP contribution in [0.25, 0.3) is 31.7 Å². The van der Waals surface area contributed by atoms with E-state index in [-0.39, 0.29) is 12.5 Å². The highest BCUT2D eigenvalue weighted by Crippen LogP contribution is 2.35. The van der Waals surface area contributed by atoms with Crippen LogP contribution >= 0.6 is 34.3 Å². The molecular weight excluding hydrogens is 496 g/mol. The molecule has 6 rings (SSSR count). The van der Waals surface area contributed by atoms with Crippen molar-refractivity contribution >= 4 is 66.4 Å². The fraction of sp³-hybridized carbons (Fsp3) is 0.0370. The molecule has 0 saturated heterocycles. The Morgan fingerprint density at radius 1 is 0.943 bits per heavy atom. The van der Waals surface area contributed by atoms with E-state index in [0.29, 0.717) is 21.2 Å². The number of amides is 1. The van der Waals surface area contributed by atoms with Crippen LogP contribution in [0.1, 0.15) is 16.1 Å². The topological polar surface area (TPSA) is 59.0 Å². The molecule has 0 aliphatic rings. The van der Waals surface area contributed by atoms with Crippen LogP contribution in [0, 0.1) is 0 Å². The zero-order chi connectivity index (χ0) is 23.8. The molecule has 8 heteroatoms. The number of para-hydroxylation sites is 2. The van der Waals surface area contributed by atoms with E-state index in [1.54, 1.807) is 22.4 Å². The second-order valence-corrected chi connectivity index (χ2v) is 10.2. The first kappa shape index (κ1) is 21.9. The molecule has 0 spiro atoms.